The van der Waals surface area contributed by atoms with Crippen molar-refractivity contribution in [2.45, 2.75) is 25.4 Å². The minimum Gasteiger partial charge on any atom is -0.410 e. The Labute approximate surface area is 162 Å². The van der Waals surface area contributed by atoms with Crippen molar-refractivity contribution in [3.05, 3.63) is 74.2 Å². The van der Waals surface area contributed by atoms with Crippen LogP contribution < -0.4 is 0 Å². The van der Waals surface area contributed by atoms with E-state index in [9.17, 15) is 13.2 Å². The van der Waals surface area contributed by atoms with Crippen molar-refractivity contribution in [1.82, 2.24) is 0 Å². The number of oxime groups is 1. The second-order valence-corrected chi connectivity index (χ2v) is 7.38. The van der Waals surface area contributed by atoms with Gasteiger partial charge in [0.15, 0.2) is 5.71 Å². The van der Waals surface area contributed by atoms with E-state index >= 15 is 0 Å². The van der Waals surface area contributed by atoms with E-state index in [1.54, 1.807) is 30.3 Å². The van der Waals surface area contributed by atoms with Crippen LogP contribution in [0.5, 0.6) is 0 Å². The number of aryl methyl sites for hydroxylation is 1. The van der Waals surface area contributed by atoms with Gasteiger partial charge in [-0.3, -0.25) is 0 Å². The molecule has 0 atom stereocenters. The second kappa shape index (κ2) is 7.45. The highest BCUT2D eigenvalue weighted by Crippen LogP contribution is 2.41. The number of fused-ring (bicyclic) bond motifs is 1. The first-order chi connectivity index (χ1) is 12.3. The molecule has 0 amide bonds. The van der Waals surface area contributed by atoms with Gasteiger partial charge in [0.25, 0.3) is 0 Å². The van der Waals surface area contributed by atoms with E-state index in [4.69, 9.17) is 16.8 Å². The van der Waals surface area contributed by atoms with E-state index in [-0.39, 0.29) is 5.57 Å². The summed E-state index contributed by atoms with van der Waals surface area (Å²) in [6.07, 6.45) is -3.34. The van der Waals surface area contributed by atoms with Crippen LogP contribution in [0.1, 0.15) is 23.1 Å². The van der Waals surface area contributed by atoms with E-state index in [2.05, 4.69) is 21.1 Å². The molecule has 0 fully saturated rings. The van der Waals surface area contributed by atoms with E-state index in [1.807, 2.05) is 12.1 Å². The Morgan fingerprint density at radius 1 is 1.12 bits per heavy atom. The second-order valence-electron chi connectivity index (χ2n) is 6.03. The van der Waals surface area contributed by atoms with E-state index < -0.39 is 11.9 Å². The van der Waals surface area contributed by atoms with Gasteiger partial charge in [0.05, 0.1) is 0 Å². The zero-order valence-corrected chi connectivity index (χ0v) is 15.8. The fraction of sp³-hybridized carbons (Fsp3) is 0.211. The van der Waals surface area contributed by atoms with Gasteiger partial charge < -0.3 is 5.21 Å². The van der Waals surface area contributed by atoms with Crippen molar-refractivity contribution >= 4 is 38.8 Å². The summed E-state index contributed by atoms with van der Waals surface area (Å²) in [6, 6.07) is 12.3. The molecule has 1 N–H and O–H groups in total. The summed E-state index contributed by atoms with van der Waals surface area (Å²) in [5.41, 5.74) is 1.57. The normalized spacial score (nSPS) is 14.7. The fourth-order valence-electron chi connectivity index (χ4n) is 3.16. The standard InChI is InChI=1S/C19H14BrClF3NO/c20-14-5-8-16-13(10-14)9-12(17(16)18(25-26)19(22,23)24)4-1-11-2-6-15(21)7-3-11/h2-3,5-8,10,26H,1,4,9H2. The van der Waals surface area contributed by atoms with Crippen molar-refractivity contribution < 1.29 is 18.4 Å². The molecule has 1 aliphatic rings. The Kier molecular flexibility index (Phi) is 5.44. The van der Waals surface area contributed by atoms with E-state index in [0.29, 0.717) is 35.4 Å². The monoisotopic (exact) mass is 443 g/mol. The number of alkyl halides is 3. The quantitative estimate of drug-likeness (QED) is 0.329. The van der Waals surface area contributed by atoms with Gasteiger partial charge in [0.2, 0.25) is 0 Å². The topological polar surface area (TPSA) is 32.6 Å². The lowest BCUT2D eigenvalue weighted by molar-refractivity contribution is -0.0591. The van der Waals surface area contributed by atoms with Crippen molar-refractivity contribution in [1.29, 1.82) is 0 Å². The molecule has 2 nitrogen and oxygen atoms in total. The number of rotatable bonds is 4. The molecule has 0 saturated heterocycles. The molecule has 1 aliphatic carbocycles. The highest BCUT2D eigenvalue weighted by molar-refractivity contribution is 9.10. The Morgan fingerprint density at radius 3 is 2.42 bits per heavy atom. The van der Waals surface area contributed by atoms with Crippen molar-refractivity contribution in [3.8, 4) is 0 Å². The van der Waals surface area contributed by atoms with Gasteiger partial charge in [-0.2, -0.15) is 13.2 Å². The highest BCUT2D eigenvalue weighted by Gasteiger charge is 2.42. The molecule has 2 aromatic rings. The highest BCUT2D eigenvalue weighted by atomic mass is 79.9. The van der Waals surface area contributed by atoms with Gasteiger partial charge in [-0.1, -0.05) is 56.5 Å². The third kappa shape index (κ3) is 3.96. The minimum absolute atomic E-state index is 0.0172. The van der Waals surface area contributed by atoms with Crippen molar-refractivity contribution in [2.24, 2.45) is 5.16 Å². The summed E-state index contributed by atoms with van der Waals surface area (Å²) >= 11 is 9.21. The van der Waals surface area contributed by atoms with Gasteiger partial charge in [-0.25, -0.2) is 0 Å². The summed E-state index contributed by atoms with van der Waals surface area (Å²) in [5, 5.41) is 12.2. The van der Waals surface area contributed by atoms with Crippen LogP contribution in [0.3, 0.4) is 0 Å². The number of benzene rings is 2. The summed E-state index contributed by atoms with van der Waals surface area (Å²) in [6.45, 7) is 0. The molecule has 0 spiro atoms. The van der Waals surface area contributed by atoms with Gasteiger partial charge in [-0.05, 0) is 60.2 Å². The number of allylic oxidation sites excluding steroid dienone is 2. The van der Waals surface area contributed by atoms with Gasteiger partial charge in [0.1, 0.15) is 0 Å². The Morgan fingerprint density at radius 2 is 1.81 bits per heavy atom. The third-order valence-corrected chi connectivity index (χ3v) is 5.07. The van der Waals surface area contributed by atoms with Crippen LogP contribution in [0, 0.1) is 0 Å². The SMILES string of the molecule is ON=C(C1=C(CCc2ccc(Cl)cc2)Cc2cc(Br)ccc21)C(F)(F)F. The largest absolute Gasteiger partial charge is 0.437 e. The van der Waals surface area contributed by atoms with Crippen LogP contribution >= 0.6 is 27.5 Å². The number of hydrogen-bond donors (Lipinski definition) is 1. The van der Waals surface area contributed by atoms with Gasteiger partial charge in [-0.15, -0.1) is 0 Å². The molecule has 0 aromatic heterocycles. The average Bonchev–Trinajstić information content (AvgIpc) is 2.91. The maximum Gasteiger partial charge on any atom is 0.437 e. The smallest absolute Gasteiger partial charge is 0.410 e. The average molecular weight is 445 g/mol. The van der Waals surface area contributed by atoms with Gasteiger partial charge >= 0.3 is 6.18 Å². The number of nitrogens with zero attached hydrogens (tertiary/aromatic N) is 1. The van der Waals surface area contributed by atoms with E-state index in [0.717, 1.165) is 15.6 Å². The lowest BCUT2D eigenvalue weighted by Crippen LogP contribution is -2.24. The molecule has 0 aliphatic heterocycles. The van der Waals surface area contributed by atoms with Crippen LogP contribution in [0.2, 0.25) is 5.02 Å². The molecular weight excluding hydrogens is 431 g/mol. The number of hydrogen-bond acceptors (Lipinski definition) is 2. The summed E-state index contributed by atoms with van der Waals surface area (Å²) in [7, 11) is 0. The first-order valence-electron chi connectivity index (χ1n) is 7.84. The summed E-state index contributed by atoms with van der Waals surface area (Å²) < 4.78 is 40.9. The minimum atomic E-state index is -4.73. The Balaban J connectivity index is 1.98. The molecule has 3 rings (SSSR count). The predicted octanol–water partition coefficient (Wildman–Crippen LogP) is 6.44. The number of halogens is 5. The first-order valence-corrected chi connectivity index (χ1v) is 9.01. The van der Waals surface area contributed by atoms with Crippen molar-refractivity contribution in [3.63, 3.8) is 0 Å². The maximum absolute atomic E-state index is 13.4. The fourth-order valence-corrected chi connectivity index (χ4v) is 3.70. The first kappa shape index (κ1) is 19.0. The van der Waals surface area contributed by atoms with Gasteiger partial charge in [0, 0.05) is 15.1 Å². The van der Waals surface area contributed by atoms with Crippen LogP contribution in [0.4, 0.5) is 13.2 Å². The van der Waals surface area contributed by atoms with Crippen LogP contribution in [-0.4, -0.2) is 17.1 Å². The molecule has 2 aromatic carbocycles. The lowest BCUT2D eigenvalue weighted by atomic mass is 9.97. The molecule has 0 unspecified atom stereocenters. The molecule has 0 saturated carbocycles. The van der Waals surface area contributed by atoms with E-state index in [1.165, 1.54) is 0 Å². The lowest BCUT2D eigenvalue weighted by Gasteiger charge is -2.13. The molecule has 0 bridgehead atoms. The Bertz CT molecular complexity index is 889. The zero-order chi connectivity index (χ0) is 18.9. The molecule has 0 heterocycles. The third-order valence-electron chi connectivity index (χ3n) is 4.33. The molecule has 136 valence electrons. The molecular formula is C19H14BrClF3NO. The molecule has 0 radical (unpaired) electrons. The van der Waals surface area contributed by atoms with Crippen LogP contribution in [0.15, 0.2) is 57.7 Å². The van der Waals surface area contributed by atoms with Crippen LogP contribution in [-0.2, 0) is 12.8 Å². The molecule has 7 heteroatoms. The summed E-state index contributed by atoms with van der Waals surface area (Å²) in [4.78, 5) is 0. The summed E-state index contributed by atoms with van der Waals surface area (Å²) in [5.74, 6) is 0. The van der Waals surface area contributed by atoms with Crippen molar-refractivity contribution in [2.75, 3.05) is 0 Å². The maximum atomic E-state index is 13.4. The Hall–Kier alpha value is -1.79. The molecule has 26 heavy (non-hydrogen) atoms. The van der Waals surface area contributed by atoms with Crippen LogP contribution in [0.25, 0.3) is 5.57 Å². The predicted molar refractivity (Wildman–Crippen MR) is 99.8 cm³/mol. The zero-order valence-electron chi connectivity index (χ0n) is 13.4.